The maximum Gasteiger partial charge on any atom is 0.422 e. The van der Waals surface area contributed by atoms with Gasteiger partial charge in [-0.05, 0) is 24.6 Å². The lowest BCUT2D eigenvalue weighted by Crippen LogP contribution is -2.34. The van der Waals surface area contributed by atoms with Gasteiger partial charge < -0.3 is 10.1 Å². The van der Waals surface area contributed by atoms with Crippen molar-refractivity contribution in [2.45, 2.75) is 38.4 Å². The van der Waals surface area contributed by atoms with Crippen LogP contribution in [0.1, 0.15) is 37.8 Å². The molecule has 1 fully saturated rings. The maximum atomic E-state index is 12.1. The fourth-order valence-corrected chi connectivity index (χ4v) is 2.50. The number of likely N-dealkylation sites (tertiary alicyclic amines) is 1. The van der Waals surface area contributed by atoms with Gasteiger partial charge in [0.05, 0.1) is 6.04 Å². The Labute approximate surface area is 148 Å². The van der Waals surface area contributed by atoms with Crippen molar-refractivity contribution in [1.29, 1.82) is 0 Å². The fraction of sp³-hybridized carbons (Fsp3) is 0.471. The smallest absolute Gasteiger partial charge is 0.422 e. The Balaban J connectivity index is 1.81. The molecular weight excluding hydrogens is 353 g/mol. The second-order valence-corrected chi connectivity index (χ2v) is 5.95. The predicted molar refractivity (Wildman–Crippen MR) is 85.1 cm³/mol. The summed E-state index contributed by atoms with van der Waals surface area (Å²) in [7, 11) is 0. The van der Waals surface area contributed by atoms with E-state index in [0.29, 0.717) is 5.56 Å². The zero-order valence-electron chi connectivity index (χ0n) is 14.1. The summed E-state index contributed by atoms with van der Waals surface area (Å²) < 4.78 is 40.9. The molecule has 1 N–H and O–H groups in total. The minimum Gasteiger partial charge on any atom is -0.484 e. The molecule has 9 heteroatoms. The predicted octanol–water partition coefficient (Wildman–Crippen LogP) is 2.34. The van der Waals surface area contributed by atoms with Gasteiger partial charge in [0.2, 0.25) is 17.7 Å². The Morgan fingerprint density at radius 2 is 1.77 bits per heavy atom. The number of carbonyl (C=O) groups excluding carboxylic acids is 3. The molecule has 26 heavy (non-hydrogen) atoms. The molecule has 6 nitrogen and oxygen atoms in total. The Bertz CT molecular complexity index is 658. The monoisotopic (exact) mass is 372 g/mol. The van der Waals surface area contributed by atoms with Gasteiger partial charge >= 0.3 is 6.18 Å². The number of amides is 3. The van der Waals surface area contributed by atoms with Crippen molar-refractivity contribution in [3.05, 3.63) is 29.8 Å². The molecule has 0 unspecified atom stereocenters. The van der Waals surface area contributed by atoms with E-state index in [1.54, 1.807) is 19.1 Å². The SMILES string of the molecule is C[C@@H](NC(=O)CCN1C(=O)CCC1=O)c1ccc(OCC(F)(F)F)cc1. The van der Waals surface area contributed by atoms with E-state index in [-0.39, 0.29) is 55.3 Å². The van der Waals surface area contributed by atoms with Crippen LogP contribution in [-0.4, -0.2) is 41.9 Å². The van der Waals surface area contributed by atoms with Crippen LogP contribution in [0.3, 0.4) is 0 Å². The summed E-state index contributed by atoms with van der Waals surface area (Å²) in [6.07, 6.45) is -4.05. The summed E-state index contributed by atoms with van der Waals surface area (Å²) in [4.78, 5) is 36.0. The van der Waals surface area contributed by atoms with E-state index in [0.717, 1.165) is 4.90 Å². The number of rotatable bonds is 7. The van der Waals surface area contributed by atoms with Crippen LogP contribution in [0.4, 0.5) is 13.2 Å². The molecule has 0 saturated carbocycles. The first-order valence-corrected chi connectivity index (χ1v) is 8.08. The first-order valence-electron chi connectivity index (χ1n) is 8.08. The molecule has 0 bridgehead atoms. The van der Waals surface area contributed by atoms with Gasteiger partial charge in [-0.2, -0.15) is 13.2 Å². The van der Waals surface area contributed by atoms with Crippen LogP contribution in [0, 0.1) is 0 Å². The second kappa shape index (κ2) is 8.20. The molecule has 1 aliphatic heterocycles. The maximum absolute atomic E-state index is 12.1. The van der Waals surface area contributed by atoms with Crippen molar-refractivity contribution < 1.29 is 32.3 Å². The quantitative estimate of drug-likeness (QED) is 0.746. The summed E-state index contributed by atoms with van der Waals surface area (Å²) in [6.45, 7) is 0.392. The second-order valence-electron chi connectivity index (χ2n) is 5.95. The van der Waals surface area contributed by atoms with Gasteiger partial charge in [0.1, 0.15) is 5.75 Å². The summed E-state index contributed by atoms with van der Waals surface area (Å²) in [5, 5.41) is 2.72. The first kappa shape index (κ1) is 19.7. The van der Waals surface area contributed by atoms with Crippen molar-refractivity contribution in [1.82, 2.24) is 10.2 Å². The van der Waals surface area contributed by atoms with E-state index in [1.807, 2.05) is 0 Å². The minimum atomic E-state index is -4.40. The van der Waals surface area contributed by atoms with Crippen LogP contribution in [0.25, 0.3) is 0 Å². The Morgan fingerprint density at radius 3 is 2.31 bits per heavy atom. The largest absolute Gasteiger partial charge is 0.484 e. The van der Waals surface area contributed by atoms with E-state index in [4.69, 9.17) is 0 Å². The number of benzene rings is 1. The highest BCUT2D eigenvalue weighted by Gasteiger charge is 2.29. The number of carbonyl (C=O) groups is 3. The van der Waals surface area contributed by atoms with E-state index in [2.05, 4.69) is 10.1 Å². The number of hydrogen-bond acceptors (Lipinski definition) is 4. The average Bonchev–Trinajstić information content (AvgIpc) is 2.89. The van der Waals surface area contributed by atoms with Crippen molar-refractivity contribution in [2.75, 3.05) is 13.2 Å². The molecular formula is C17H19F3N2O4. The van der Waals surface area contributed by atoms with Gasteiger partial charge in [-0.15, -0.1) is 0 Å². The highest BCUT2D eigenvalue weighted by atomic mass is 19.4. The number of imide groups is 1. The number of nitrogens with one attached hydrogen (secondary N) is 1. The molecule has 0 radical (unpaired) electrons. The normalized spacial score (nSPS) is 15.9. The highest BCUT2D eigenvalue weighted by Crippen LogP contribution is 2.21. The zero-order valence-corrected chi connectivity index (χ0v) is 14.1. The van der Waals surface area contributed by atoms with Crippen LogP contribution < -0.4 is 10.1 Å². The van der Waals surface area contributed by atoms with Crippen LogP contribution in [0.5, 0.6) is 5.75 Å². The number of halogens is 3. The van der Waals surface area contributed by atoms with Crippen molar-refractivity contribution >= 4 is 17.7 Å². The molecule has 3 amide bonds. The van der Waals surface area contributed by atoms with E-state index in [1.165, 1.54) is 12.1 Å². The Kier molecular flexibility index (Phi) is 6.23. The standard InChI is InChI=1S/C17H19F3N2O4/c1-11(12-2-4-13(5-3-12)26-10-17(18,19)20)21-14(23)8-9-22-15(24)6-7-16(22)25/h2-5,11H,6-10H2,1H3,(H,21,23)/t11-/m1/s1. The molecule has 0 spiro atoms. The summed E-state index contributed by atoms with van der Waals surface area (Å²) >= 11 is 0. The molecule has 2 rings (SSSR count). The first-order chi connectivity index (χ1) is 12.2. The minimum absolute atomic E-state index is 0.00536. The number of nitrogens with zero attached hydrogens (tertiary/aromatic N) is 1. The van der Waals surface area contributed by atoms with Crippen LogP contribution in [0.15, 0.2) is 24.3 Å². The third-order valence-corrected chi connectivity index (χ3v) is 3.88. The van der Waals surface area contributed by atoms with Crippen LogP contribution in [0.2, 0.25) is 0 Å². The van der Waals surface area contributed by atoms with Gasteiger partial charge in [-0.3, -0.25) is 19.3 Å². The lowest BCUT2D eigenvalue weighted by atomic mass is 10.1. The lowest BCUT2D eigenvalue weighted by molar-refractivity contribution is -0.153. The number of hydrogen-bond donors (Lipinski definition) is 1. The average molecular weight is 372 g/mol. The van der Waals surface area contributed by atoms with E-state index in [9.17, 15) is 27.6 Å². The molecule has 1 atom stereocenters. The summed E-state index contributed by atoms with van der Waals surface area (Å²) in [6, 6.07) is 5.52. The molecule has 0 aromatic heterocycles. The van der Waals surface area contributed by atoms with Gasteiger partial charge in [0.15, 0.2) is 6.61 Å². The highest BCUT2D eigenvalue weighted by molar-refractivity contribution is 6.02. The lowest BCUT2D eigenvalue weighted by Gasteiger charge is -2.17. The molecule has 1 aromatic carbocycles. The fourth-order valence-electron chi connectivity index (χ4n) is 2.50. The molecule has 1 heterocycles. The Hall–Kier alpha value is -2.58. The topological polar surface area (TPSA) is 75.7 Å². The van der Waals surface area contributed by atoms with Crippen molar-refractivity contribution in [3.63, 3.8) is 0 Å². The molecule has 1 aliphatic rings. The van der Waals surface area contributed by atoms with Gasteiger partial charge in [-0.1, -0.05) is 12.1 Å². The third-order valence-electron chi connectivity index (χ3n) is 3.88. The molecule has 1 saturated heterocycles. The summed E-state index contributed by atoms with van der Waals surface area (Å²) in [5.41, 5.74) is 0.686. The van der Waals surface area contributed by atoms with Crippen molar-refractivity contribution in [2.24, 2.45) is 0 Å². The molecule has 0 aliphatic carbocycles. The number of ether oxygens (including phenoxy) is 1. The van der Waals surface area contributed by atoms with Gasteiger partial charge in [-0.25, -0.2) is 0 Å². The van der Waals surface area contributed by atoms with Crippen LogP contribution in [-0.2, 0) is 14.4 Å². The van der Waals surface area contributed by atoms with E-state index < -0.39 is 12.8 Å². The Morgan fingerprint density at radius 1 is 1.19 bits per heavy atom. The molecule has 1 aromatic rings. The summed E-state index contributed by atoms with van der Waals surface area (Å²) in [5.74, 6) is -0.798. The zero-order chi connectivity index (χ0) is 19.3. The third kappa shape index (κ3) is 5.75. The van der Waals surface area contributed by atoms with E-state index >= 15 is 0 Å². The number of alkyl halides is 3. The van der Waals surface area contributed by atoms with Gasteiger partial charge in [0, 0.05) is 25.8 Å². The van der Waals surface area contributed by atoms with Crippen LogP contribution >= 0.6 is 0 Å². The van der Waals surface area contributed by atoms with Gasteiger partial charge in [0.25, 0.3) is 0 Å². The molecule has 142 valence electrons. The van der Waals surface area contributed by atoms with Crippen molar-refractivity contribution in [3.8, 4) is 5.75 Å².